The number of alkyl halides is 1. The SMILES string of the molecule is O=[N+]([O-])c1ccc(CCl)cc1OCc1cc(Br)ccc1F. The van der Waals surface area contributed by atoms with Crippen molar-refractivity contribution in [3.63, 3.8) is 0 Å². The number of nitro groups is 1. The van der Waals surface area contributed by atoms with Gasteiger partial charge >= 0.3 is 5.69 Å². The van der Waals surface area contributed by atoms with Gasteiger partial charge in [0.2, 0.25) is 0 Å². The molecular weight excluding hydrogens is 365 g/mol. The molecule has 0 heterocycles. The van der Waals surface area contributed by atoms with Crippen LogP contribution in [0, 0.1) is 15.9 Å². The molecule has 0 unspecified atom stereocenters. The van der Waals surface area contributed by atoms with E-state index < -0.39 is 10.7 Å². The second kappa shape index (κ2) is 6.87. The molecule has 2 rings (SSSR count). The van der Waals surface area contributed by atoms with Crippen molar-refractivity contribution in [1.29, 1.82) is 0 Å². The number of halogens is 3. The average molecular weight is 375 g/mol. The molecule has 0 radical (unpaired) electrons. The molecule has 0 aromatic heterocycles. The number of nitrogens with zero attached hydrogens (tertiary/aromatic N) is 1. The molecule has 0 aliphatic rings. The second-order valence-corrected chi connectivity index (χ2v) is 5.40. The quantitative estimate of drug-likeness (QED) is 0.428. The highest BCUT2D eigenvalue weighted by Gasteiger charge is 2.16. The summed E-state index contributed by atoms with van der Waals surface area (Å²) in [5.41, 5.74) is 0.807. The summed E-state index contributed by atoms with van der Waals surface area (Å²) in [5.74, 6) is -0.161. The molecule has 0 spiro atoms. The molecule has 0 aliphatic heterocycles. The maximum atomic E-state index is 13.6. The summed E-state index contributed by atoms with van der Waals surface area (Å²) in [6.07, 6.45) is 0. The molecule has 0 amide bonds. The van der Waals surface area contributed by atoms with E-state index in [0.29, 0.717) is 15.6 Å². The first-order valence-corrected chi connectivity index (χ1v) is 7.24. The van der Waals surface area contributed by atoms with Gasteiger partial charge < -0.3 is 4.74 Å². The smallest absolute Gasteiger partial charge is 0.310 e. The van der Waals surface area contributed by atoms with E-state index in [2.05, 4.69) is 15.9 Å². The zero-order chi connectivity index (χ0) is 15.4. The molecule has 4 nitrogen and oxygen atoms in total. The summed E-state index contributed by atoms with van der Waals surface area (Å²) >= 11 is 8.94. The Bertz CT molecular complexity index is 681. The van der Waals surface area contributed by atoms with Gasteiger partial charge in [0.15, 0.2) is 5.75 Å². The van der Waals surface area contributed by atoms with Crippen molar-refractivity contribution in [2.75, 3.05) is 0 Å². The largest absolute Gasteiger partial charge is 0.482 e. The zero-order valence-corrected chi connectivity index (χ0v) is 13.0. The van der Waals surface area contributed by atoms with E-state index in [0.717, 1.165) is 0 Å². The van der Waals surface area contributed by atoms with Crippen molar-refractivity contribution in [3.8, 4) is 5.75 Å². The van der Waals surface area contributed by atoms with Crippen molar-refractivity contribution in [3.05, 3.63) is 67.9 Å². The van der Waals surface area contributed by atoms with Gasteiger partial charge in [-0.15, -0.1) is 11.6 Å². The van der Waals surface area contributed by atoms with Crippen molar-refractivity contribution in [1.82, 2.24) is 0 Å². The summed E-state index contributed by atoms with van der Waals surface area (Å²) < 4.78 is 19.7. The molecule has 0 bridgehead atoms. The highest BCUT2D eigenvalue weighted by atomic mass is 79.9. The first-order chi connectivity index (χ1) is 10.0. The van der Waals surface area contributed by atoms with E-state index in [1.807, 2.05) is 0 Å². The van der Waals surface area contributed by atoms with Gasteiger partial charge in [0.05, 0.1) is 4.92 Å². The molecule has 2 aromatic carbocycles. The molecule has 7 heteroatoms. The fourth-order valence-corrected chi connectivity index (χ4v) is 2.29. The van der Waals surface area contributed by atoms with E-state index in [-0.39, 0.29) is 23.9 Å². The number of ether oxygens (including phenoxy) is 1. The first kappa shape index (κ1) is 15.7. The van der Waals surface area contributed by atoms with Crippen LogP contribution in [0.25, 0.3) is 0 Å². The molecule has 0 N–H and O–H groups in total. The predicted molar refractivity (Wildman–Crippen MR) is 81.1 cm³/mol. The van der Waals surface area contributed by atoms with Crippen molar-refractivity contribution in [2.45, 2.75) is 12.5 Å². The van der Waals surface area contributed by atoms with E-state index in [9.17, 15) is 14.5 Å². The molecule has 0 saturated heterocycles. The fraction of sp³-hybridized carbons (Fsp3) is 0.143. The third kappa shape index (κ3) is 3.92. The first-order valence-electron chi connectivity index (χ1n) is 5.91. The Balaban J connectivity index is 2.26. The zero-order valence-electron chi connectivity index (χ0n) is 10.7. The number of hydrogen-bond acceptors (Lipinski definition) is 3. The average Bonchev–Trinajstić information content (AvgIpc) is 2.47. The van der Waals surface area contributed by atoms with Crippen LogP contribution < -0.4 is 4.74 Å². The number of hydrogen-bond donors (Lipinski definition) is 0. The second-order valence-electron chi connectivity index (χ2n) is 4.22. The topological polar surface area (TPSA) is 52.4 Å². The third-order valence-corrected chi connectivity index (χ3v) is 3.57. The van der Waals surface area contributed by atoms with Crippen LogP contribution in [0.5, 0.6) is 5.75 Å². The summed E-state index contributed by atoms with van der Waals surface area (Å²) in [4.78, 5) is 10.4. The minimum absolute atomic E-state index is 0.0672. The van der Waals surface area contributed by atoms with Gasteiger partial charge in [-0.3, -0.25) is 10.1 Å². The van der Waals surface area contributed by atoms with E-state index in [4.69, 9.17) is 16.3 Å². The highest BCUT2D eigenvalue weighted by Crippen LogP contribution is 2.29. The number of benzene rings is 2. The molecular formula is C14H10BrClFNO3. The molecule has 110 valence electrons. The summed E-state index contributed by atoms with van der Waals surface area (Å²) in [5, 5.41) is 11.0. The number of rotatable bonds is 5. The molecule has 0 atom stereocenters. The Labute approximate surface area is 133 Å². The monoisotopic (exact) mass is 373 g/mol. The van der Waals surface area contributed by atoms with Gasteiger partial charge in [0.1, 0.15) is 12.4 Å². The van der Waals surface area contributed by atoms with Crippen molar-refractivity contribution >= 4 is 33.2 Å². The van der Waals surface area contributed by atoms with Gasteiger partial charge in [0, 0.05) is 22.0 Å². The lowest BCUT2D eigenvalue weighted by atomic mass is 10.2. The van der Waals surface area contributed by atoms with E-state index >= 15 is 0 Å². The van der Waals surface area contributed by atoms with Crippen molar-refractivity contribution < 1.29 is 14.1 Å². The van der Waals surface area contributed by atoms with E-state index in [1.165, 1.54) is 18.2 Å². The highest BCUT2D eigenvalue weighted by molar-refractivity contribution is 9.10. The van der Waals surface area contributed by atoms with Crippen molar-refractivity contribution in [2.24, 2.45) is 0 Å². The van der Waals surface area contributed by atoms with E-state index in [1.54, 1.807) is 18.2 Å². The normalized spacial score (nSPS) is 10.4. The van der Waals surface area contributed by atoms with Crippen LogP contribution in [0.15, 0.2) is 40.9 Å². The Morgan fingerprint density at radius 2 is 2.05 bits per heavy atom. The minimum Gasteiger partial charge on any atom is -0.482 e. The molecule has 21 heavy (non-hydrogen) atoms. The van der Waals surface area contributed by atoms with Crippen LogP contribution in [-0.4, -0.2) is 4.92 Å². The van der Waals surface area contributed by atoms with Crippen LogP contribution >= 0.6 is 27.5 Å². The van der Waals surface area contributed by atoms with Crippen LogP contribution in [0.3, 0.4) is 0 Å². The number of nitro benzene ring substituents is 1. The maximum absolute atomic E-state index is 13.6. The molecule has 0 saturated carbocycles. The predicted octanol–water partition coefficient (Wildman–Crippen LogP) is 4.81. The van der Waals surface area contributed by atoms with Crippen LogP contribution in [0.2, 0.25) is 0 Å². The molecule has 0 aliphatic carbocycles. The summed E-state index contributed by atoms with van der Waals surface area (Å²) in [6, 6.07) is 8.79. The molecule has 2 aromatic rings. The third-order valence-electron chi connectivity index (χ3n) is 2.77. The minimum atomic E-state index is -0.551. The summed E-state index contributed by atoms with van der Waals surface area (Å²) in [7, 11) is 0. The van der Waals surface area contributed by atoms with Crippen LogP contribution in [0.4, 0.5) is 10.1 Å². The van der Waals surface area contributed by atoms with Gasteiger partial charge in [-0.2, -0.15) is 0 Å². The Morgan fingerprint density at radius 3 is 2.71 bits per heavy atom. The summed E-state index contributed by atoms with van der Waals surface area (Å²) in [6.45, 7) is -0.113. The lowest BCUT2D eigenvalue weighted by Gasteiger charge is -2.09. The lowest BCUT2D eigenvalue weighted by Crippen LogP contribution is -2.01. The standard InChI is InChI=1S/C14H10BrClFNO3/c15-11-2-3-12(17)10(6-11)8-21-14-5-9(7-16)1-4-13(14)18(19)20/h1-6H,7-8H2. The Hall–Kier alpha value is -1.66. The van der Waals surface area contributed by atoms with Gasteiger partial charge in [-0.05, 0) is 29.8 Å². The van der Waals surface area contributed by atoms with Gasteiger partial charge in [0.25, 0.3) is 0 Å². The van der Waals surface area contributed by atoms with Crippen LogP contribution in [-0.2, 0) is 12.5 Å². The van der Waals surface area contributed by atoms with Gasteiger partial charge in [-0.1, -0.05) is 22.0 Å². The van der Waals surface area contributed by atoms with Gasteiger partial charge in [-0.25, -0.2) is 4.39 Å². The molecule has 0 fully saturated rings. The maximum Gasteiger partial charge on any atom is 0.310 e. The Morgan fingerprint density at radius 1 is 1.29 bits per heavy atom. The van der Waals surface area contributed by atoms with Crippen LogP contribution in [0.1, 0.15) is 11.1 Å². The fourth-order valence-electron chi connectivity index (χ4n) is 1.72. The Kier molecular flexibility index (Phi) is 5.14. The lowest BCUT2D eigenvalue weighted by molar-refractivity contribution is -0.386.